The average molecular weight is 303 g/mol. The lowest BCUT2D eigenvalue weighted by Crippen LogP contribution is -2.35. The minimum absolute atomic E-state index is 0.235. The van der Waals surface area contributed by atoms with Gasteiger partial charge in [-0.1, -0.05) is 37.3 Å². The molecule has 2 aromatic rings. The third-order valence-corrected chi connectivity index (χ3v) is 3.40. The van der Waals surface area contributed by atoms with E-state index in [-0.39, 0.29) is 12.4 Å². The van der Waals surface area contributed by atoms with Crippen LogP contribution in [0.3, 0.4) is 0 Å². The van der Waals surface area contributed by atoms with Gasteiger partial charge in [0.05, 0.1) is 0 Å². The highest BCUT2D eigenvalue weighted by molar-refractivity contribution is 5.21. The molecule has 0 bridgehead atoms. The van der Waals surface area contributed by atoms with Gasteiger partial charge in [-0.15, -0.1) is 0 Å². The number of likely N-dealkylation sites (N-methyl/N-ethyl adjacent to an activating group) is 1. The van der Waals surface area contributed by atoms with Gasteiger partial charge in [-0.2, -0.15) is 0 Å². The van der Waals surface area contributed by atoms with Gasteiger partial charge < -0.3 is 9.84 Å². The van der Waals surface area contributed by atoms with Gasteiger partial charge in [0, 0.05) is 13.1 Å². The minimum atomic E-state index is -0.589. The van der Waals surface area contributed by atoms with Gasteiger partial charge in [-0.05, 0) is 36.4 Å². The van der Waals surface area contributed by atoms with Crippen molar-refractivity contribution in [3.05, 3.63) is 66.0 Å². The maximum atomic E-state index is 13.2. The summed E-state index contributed by atoms with van der Waals surface area (Å²) < 4.78 is 18.8. The van der Waals surface area contributed by atoms with Gasteiger partial charge >= 0.3 is 0 Å². The van der Waals surface area contributed by atoms with Crippen molar-refractivity contribution < 1.29 is 14.2 Å². The van der Waals surface area contributed by atoms with Crippen LogP contribution in [0.5, 0.6) is 5.75 Å². The summed E-state index contributed by atoms with van der Waals surface area (Å²) in [6, 6.07) is 16.0. The second kappa shape index (κ2) is 8.51. The van der Waals surface area contributed by atoms with Crippen LogP contribution in [0.1, 0.15) is 12.5 Å². The van der Waals surface area contributed by atoms with Gasteiger partial charge in [-0.3, -0.25) is 4.90 Å². The second-order valence-corrected chi connectivity index (χ2v) is 5.24. The first kappa shape index (κ1) is 16.5. The lowest BCUT2D eigenvalue weighted by atomic mass is 10.2. The van der Waals surface area contributed by atoms with Crippen molar-refractivity contribution in [2.24, 2.45) is 0 Å². The Balaban J connectivity index is 1.81. The Morgan fingerprint density at radius 3 is 2.59 bits per heavy atom. The molecular formula is C18H22FNO2. The number of nitrogens with zero attached hydrogens (tertiary/aromatic N) is 1. The summed E-state index contributed by atoms with van der Waals surface area (Å²) >= 11 is 0. The standard InChI is InChI=1S/C18H22FNO2/c1-2-20(12-15-7-6-8-16(19)11-15)13-17(21)14-22-18-9-4-3-5-10-18/h3-11,17,21H,2,12-14H2,1H3/t17-/m0/s1. The first-order chi connectivity index (χ1) is 10.7. The molecule has 118 valence electrons. The lowest BCUT2D eigenvalue weighted by molar-refractivity contribution is 0.0674. The highest BCUT2D eigenvalue weighted by Crippen LogP contribution is 2.10. The van der Waals surface area contributed by atoms with Crippen LogP contribution >= 0.6 is 0 Å². The van der Waals surface area contributed by atoms with E-state index in [4.69, 9.17) is 4.74 Å². The number of halogens is 1. The molecule has 0 saturated heterocycles. The minimum Gasteiger partial charge on any atom is -0.491 e. The summed E-state index contributed by atoms with van der Waals surface area (Å²) in [5, 5.41) is 10.1. The Labute approximate surface area is 131 Å². The molecule has 2 aromatic carbocycles. The molecule has 0 fully saturated rings. The Kier molecular flexibility index (Phi) is 6.37. The highest BCUT2D eigenvalue weighted by atomic mass is 19.1. The molecule has 4 heteroatoms. The molecule has 0 unspecified atom stereocenters. The Morgan fingerprint density at radius 2 is 1.91 bits per heavy atom. The van der Waals surface area contributed by atoms with Crippen molar-refractivity contribution in [1.29, 1.82) is 0 Å². The van der Waals surface area contributed by atoms with Crippen LogP contribution in [-0.2, 0) is 6.54 Å². The molecule has 0 spiro atoms. The maximum absolute atomic E-state index is 13.2. The highest BCUT2D eigenvalue weighted by Gasteiger charge is 2.12. The monoisotopic (exact) mass is 303 g/mol. The van der Waals surface area contributed by atoms with Gasteiger partial charge in [-0.25, -0.2) is 4.39 Å². The third-order valence-electron chi connectivity index (χ3n) is 3.40. The molecule has 2 rings (SSSR count). The first-order valence-electron chi connectivity index (χ1n) is 7.50. The molecule has 0 aliphatic carbocycles. The van der Waals surface area contributed by atoms with E-state index in [1.54, 1.807) is 6.07 Å². The van der Waals surface area contributed by atoms with Crippen molar-refractivity contribution in [3.63, 3.8) is 0 Å². The van der Waals surface area contributed by atoms with E-state index >= 15 is 0 Å². The molecule has 1 atom stereocenters. The summed E-state index contributed by atoms with van der Waals surface area (Å²) in [4.78, 5) is 2.06. The number of ether oxygens (including phenoxy) is 1. The number of benzene rings is 2. The fourth-order valence-electron chi connectivity index (χ4n) is 2.26. The third kappa shape index (κ3) is 5.47. The number of aliphatic hydroxyl groups is 1. The zero-order chi connectivity index (χ0) is 15.8. The molecule has 0 saturated carbocycles. The fraction of sp³-hybridized carbons (Fsp3) is 0.333. The van der Waals surface area contributed by atoms with Crippen LogP contribution in [-0.4, -0.2) is 35.8 Å². The van der Waals surface area contributed by atoms with Crippen molar-refractivity contribution in [2.75, 3.05) is 19.7 Å². The molecule has 0 amide bonds. The summed E-state index contributed by atoms with van der Waals surface area (Å²) in [7, 11) is 0. The molecule has 0 aliphatic heterocycles. The van der Waals surface area contributed by atoms with Crippen molar-refractivity contribution >= 4 is 0 Å². The van der Waals surface area contributed by atoms with E-state index in [0.717, 1.165) is 17.9 Å². The van der Waals surface area contributed by atoms with E-state index in [1.165, 1.54) is 12.1 Å². The van der Waals surface area contributed by atoms with Crippen LogP contribution in [0.15, 0.2) is 54.6 Å². The van der Waals surface area contributed by atoms with E-state index in [9.17, 15) is 9.50 Å². The normalized spacial score (nSPS) is 12.4. The van der Waals surface area contributed by atoms with Gasteiger partial charge in [0.1, 0.15) is 24.3 Å². The number of hydrogen-bond acceptors (Lipinski definition) is 3. The molecule has 0 aromatic heterocycles. The van der Waals surface area contributed by atoms with Crippen molar-refractivity contribution in [3.8, 4) is 5.75 Å². The van der Waals surface area contributed by atoms with E-state index in [2.05, 4.69) is 4.90 Å². The summed E-state index contributed by atoms with van der Waals surface area (Å²) in [5.74, 6) is 0.510. The second-order valence-electron chi connectivity index (χ2n) is 5.24. The molecule has 0 heterocycles. The molecule has 0 aliphatic rings. The molecule has 1 N–H and O–H groups in total. The van der Waals surface area contributed by atoms with Gasteiger partial charge in [0.25, 0.3) is 0 Å². The van der Waals surface area contributed by atoms with Crippen molar-refractivity contribution in [2.45, 2.75) is 19.6 Å². The van der Waals surface area contributed by atoms with Crippen LogP contribution in [0.2, 0.25) is 0 Å². The molecule has 0 radical (unpaired) electrons. The number of rotatable bonds is 8. The molecular weight excluding hydrogens is 281 g/mol. The lowest BCUT2D eigenvalue weighted by Gasteiger charge is -2.23. The molecule has 22 heavy (non-hydrogen) atoms. The quantitative estimate of drug-likeness (QED) is 0.813. The SMILES string of the molecule is CCN(Cc1cccc(F)c1)C[C@H](O)COc1ccccc1. The predicted octanol–water partition coefficient (Wildman–Crippen LogP) is 3.09. The van der Waals surface area contributed by atoms with Gasteiger partial charge in [0.15, 0.2) is 0 Å². The molecule has 3 nitrogen and oxygen atoms in total. The maximum Gasteiger partial charge on any atom is 0.123 e. The van der Waals surface area contributed by atoms with E-state index in [1.807, 2.05) is 43.3 Å². The van der Waals surface area contributed by atoms with Crippen molar-refractivity contribution in [1.82, 2.24) is 4.90 Å². The topological polar surface area (TPSA) is 32.7 Å². The summed E-state index contributed by atoms with van der Waals surface area (Å²) in [6.45, 7) is 4.13. The summed E-state index contributed by atoms with van der Waals surface area (Å²) in [5.41, 5.74) is 0.901. The van der Waals surface area contributed by atoms with Gasteiger partial charge in [0.2, 0.25) is 0 Å². The zero-order valence-corrected chi connectivity index (χ0v) is 12.8. The summed E-state index contributed by atoms with van der Waals surface area (Å²) in [6.07, 6.45) is -0.589. The number of para-hydroxylation sites is 1. The van der Waals surface area contributed by atoms with E-state index in [0.29, 0.717) is 13.1 Å². The number of hydrogen-bond donors (Lipinski definition) is 1. The predicted molar refractivity (Wildman–Crippen MR) is 85.3 cm³/mol. The van der Waals surface area contributed by atoms with Crippen LogP contribution in [0.4, 0.5) is 4.39 Å². The average Bonchev–Trinajstić information content (AvgIpc) is 2.53. The number of aliphatic hydroxyl groups excluding tert-OH is 1. The van der Waals surface area contributed by atoms with Crippen LogP contribution in [0, 0.1) is 5.82 Å². The zero-order valence-electron chi connectivity index (χ0n) is 12.8. The largest absolute Gasteiger partial charge is 0.491 e. The Hall–Kier alpha value is -1.91. The Bertz CT molecular complexity index is 562. The van der Waals surface area contributed by atoms with Crippen LogP contribution < -0.4 is 4.74 Å². The Morgan fingerprint density at radius 1 is 1.14 bits per heavy atom. The van der Waals surface area contributed by atoms with E-state index < -0.39 is 6.10 Å². The van der Waals surface area contributed by atoms with Crippen LogP contribution in [0.25, 0.3) is 0 Å². The first-order valence-corrected chi connectivity index (χ1v) is 7.50. The fourth-order valence-corrected chi connectivity index (χ4v) is 2.26. The smallest absolute Gasteiger partial charge is 0.123 e.